The number of fused-ring (bicyclic) bond motifs is 8. The van der Waals surface area contributed by atoms with E-state index in [4.69, 9.17) is 0 Å². The van der Waals surface area contributed by atoms with E-state index in [-0.39, 0.29) is 13.4 Å². The Morgan fingerprint density at radius 1 is 0.291 bits per heavy atom. The lowest BCUT2D eigenvalue weighted by atomic mass is 9.31. The molecule has 0 N–H and O–H groups in total. The van der Waals surface area contributed by atoms with Gasteiger partial charge in [0.25, 0.3) is 0 Å². The quantitative estimate of drug-likeness (QED) is 0.133. The van der Waals surface area contributed by atoms with Gasteiger partial charge in [-0.15, -0.1) is 0 Å². The molecule has 0 bridgehead atoms. The Labute approximate surface area is 514 Å². The monoisotopic (exact) mass is 1140 g/mol. The van der Waals surface area contributed by atoms with E-state index >= 15 is 0 Å². The third-order valence-corrected chi connectivity index (χ3v) is 20.5. The summed E-state index contributed by atoms with van der Waals surface area (Å²) < 4.78 is 0. The van der Waals surface area contributed by atoms with Gasteiger partial charge < -0.3 is 19.6 Å². The van der Waals surface area contributed by atoms with Crippen molar-refractivity contribution in [3.05, 3.63) is 288 Å². The Balaban J connectivity index is 0.998. The lowest BCUT2D eigenvalue weighted by Gasteiger charge is -2.44. The van der Waals surface area contributed by atoms with E-state index in [1.807, 2.05) is 23.5 Å². The van der Waals surface area contributed by atoms with Gasteiger partial charge in [-0.1, -0.05) is 216 Å². The van der Waals surface area contributed by atoms with E-state index in [0.29, 0.717) is 0 Å². The Kier molecular flexibility index (Phi) is 12.6. The predicted octanol–water partition coefficient (Wildman–Crippen LogP) is 17.7. The highest BCUT2D eigenvalue weighted by Crippen LogP contribution is 2.52. The number of nitrogens with zero attached hydrogens (tertiary/aromatic N) is 4. The normalized spacial score (nSPS) is 13.0. The van der Waals surface area contributed by atoms with Gasteiger partial charge in [0.15, 0.2) is 0 Å². The molecule has 8 heteroatoms. The highest BCUT2D eigenvalue weighted by Gasteiger charge is 2.47. The molecule has 0 radical (unpaired) electrons. The molecule has 0 saturated heterocycles. The molecule has 0 fully saturated rings. The number of aryl methyl sites for hydroxylation is 6. The van der Waals surface area contributed by atoms with Crippen LogP contribution in [0.4, 0.5) is 68.2 Å². The summed E-state index contributed by atoms with van der Waals surface area (Å²) in [6.07, 6.45) is 0. The zero-order valence-electron chi connectivity index (χ0n) is 49.0. The van der Waals surface area contributed by atoms with E-state index in [9.17, 15) is 0 Å². The third kappa shape index (κ3) is 8.25. The summed E-state index contributed by atoms with van der Waals surface area (Å²) in [5.41, 5.74) is 31.9. The van der Waals surface area contributed by atoms with Crippen molar-refractivity contribution in [2.75, 3.05) is 19.6 Å². The molecule has 410 valence electrons. The van der Waals surface area contributed by atoms with Crippen molar-refractivity contribution >= 4 is 138 Å². The first-order chi connectivity index (χ1) is 42.2. The first-order valence-electron chi connectivity index (χ1n) is 29.9. The maximum atomic E-state index is 2.66. The number of hydrogen-bond donors (Lipinski definition) is 0. The molecular formula is C78H60B2N4S2. The second-order valence-electron chi connectivity index (χ2n) is 23.5. The van der Waals surface area contributed by atoms with Crippen molar-refractivity contribution in [1.82, 2.24) is 0 Å². The average molecular weight is 1140 g/mol. The second kappa shape index (κ2) is 20.7. The Hall–Kier alpha value is -9.33. The summed E-state index contributed by atoms with van der Waals surface area (Å²) >= 11 is 3.85. The Bertz CT molecular complexity index is 4660. The summed E-state index contributed by atoms with van der Waals surface area (Å²) in [6, 6.07) is 95.8. The molecule has 0 unspecified atom stereocenters. The topological polar surface area (TPSA) is 13.0 Å². The van der Waals surface area contributed by atoms with Gasteiger partial charge in [0.05, 0.1) is 22.7 Å². The maximum Gasteiger partial charge on any atom is 0.249 e. The van der Waals surface area contributed by atoms with Crippen LogP contribution in [0.1, 0.15) is 33.4 Å². The zero-order valence-corrected chi connectivity index (χ0v) is 50.6. The molecule has 4 aliphatic rings. The molecule has 0 atom stereocenters. The molecule has 86 heavy (non-hydrogen) atoms. The van der Waals surface area contributed by atoms with Crippen molar-refractivity contribution < 1.29 is 0 Å². The van der Waals surface area contributed by atoms with Crippen LogP contribution in [0, 0.1) is 41.5 Å². The van der Waals surface area contributed by atoms with Crippen molar-refractivity contribution in [3.8, 4) is 11.1 Å². The molecule has 0 spiro atoms. The number of anilines is 12. The minimum Gasteiger partial charge on any atom is -0.311 e. The van der Waals surface area contributed by atoms with Crippen molar-refractivity contribution in [3.63, 3.8) is 0 Å². The third-order valence-electron chi connectivity index (χ3n) is 18.2. The lowest BCUT2D eigenvalue weighted by Crippen LogP contribution is -2.64. The fourth-order valence-electron chi connectivity index (χ4n) is 14.6. The molecule has 0 amide bonds. The van der Waals surface area contributed by atoms with Gasteiger partial charge >= 0.3 is 0 Å². The first-order valence-corrected chi connectivity index (χ1v) is 31.5. The number of hydrogen-bond acceptors (Lipinski definition) is 6. The van der Waals surface area contributed by atoms with E-state index in [1.165, 1.54) is 137 Å². The SMILES string of the molecule is Cc1cccc(C)c1N(c1ccccc1)c1cc2c3c(c1)N(c1ccccc1-c1ccccc1)c1cc4c(cc1B3c1ccccc1S2)B1c2ccccc2N(c2c(C)cccc2C)c2cc(N(c3ccccc3)c3c(C)cccc3C)cc(c21)S4. The molecule has 0 aliphatic carbocycles. The molecule has 12 aromatic rings. The smallest absolute Gasteiger partial charge is 0.249 e. The Morgan fingerprint density at radius 2 is 0.744 bits per heavy atom. The standard InChI is InChI=1S/C78H60B2N4S2/c1-49-25-22-26-50(2)76(49)81(56-33-12-8-13-34-56)58-43-68-74-72(45-58)85-70-42-21-18-39-62(70)80(74)63-47-64-71(48-67(63)83(68)65-40-19-16-37-60(65)55-31-10-7-11-32-55)86-73-46-59(82(57-35-14-9-15-36-57)77-51(3)27-23-28-52(77)4)44-69-75(73)79(64)61-38-17-20-41-66(61)84(69)78-53(5)29-24-30-54(78)6/h7-48H,1-6H3. The van der Waals surface area contributed by atoms with Crippen LogP contribution in [-0.2, 0) is 0 Å². The summed E-state index contributed by atoms with van der Waals surface area (Å²) in [6.45, 7) is 13.4. The molecule has 4 aliphatic heterocycles. The van der Waals surface area contributed by atoms with Gasteiger partial charge in [0.2, 0.25) is 13.4 Å². The summed E-state index contributed by atoms with van der Waals surface area (Å²) in [7, 11) is 0. The largest absolute Gasteiger partial charge is 0.311 e. The highest BCUT2D eigenvalue weighted by atomic mass is 32.2. The summed E-state index contributed by atoms with van der Waals surface area (Å²) in [4.78, 5) is 15.3. The highest BCUT2D eigenvalue weighted by molar-refractivity contribution is 8.00. The Morgan fingerprint density at radius 3 is 1.33 bits per heavy atom. The lowest BCUT2D eigenvalue weighted by molar-refractivity contribution is 1.18. The summed E-state index contributed by atoms with van der Waals surface area (Å²) in [5.74, 6) is 0. The molecular weight excluding hydrogens is 1080 g/mol. The van der Waals surface area contributed by atoms with Crippen molar-refractivity contribution in [2.24, 2.45) is 0 Å². The predicted molar refractivity (Wildman–Crippen MR) is 369 cm³/mol. The molecule has 4 nitrogen and oxygen atoms in total. The summed E-state index contributed by atoms with van der Waals surface area (Å²) in [5, 5.41) is 0. The van der Waals surface area contributed by atoms with Crippen LogP contribution in [0.15, 0.2) is 274 Å². The van der Waals surface area contributed by atoms with E-state index in [2.05, 4.69) is 316 Å². The van der Waals surface area contributed by atoms with Crippen molar-refractivity contribution in [2.45, 2.75) is 61.1 Å². The van der Waals surface area contributed by atoms with Crippen molar-refractivity contribution in [1.29, 1.82) is 0 Å². The molecule has 0 saturated carbocycles. The molecule has 12 aromatic carbocycles. The van der Waals surface area contributed by atoms with Crippen LogP contribution in [0.25, 0.3) is 11.1 Å². The zero-order chi connectivity index (χ0) is 57.9. The number of rotatable bonds is 9. The van der Waals surface area contributed by atoms with Gasteiger partial charge in [-0.2, -0.15) is 0 Å². The molecule has 0 aromatic heterocycles. The molecule has 4 heterocycles. The van der Waals surface area contributed by atoms with E-state index in [0.717, 1.165) is 28.4 Å². The minimum absolute atomic E-state index is 0.0488. The molecule has 16 rings (SSSR count). The van der Waals surface area contributed by atoms with Gasteiger partial charge in [0, 0.05) is 70.6 Å². The van der Waals surface area contributed by atoms with Crippen LogP contribution < -0.4 is 52.4 Å². The minimum atomic E-state index is -0.0592. The van der Waals surface area contributed by atoms with Crippen LogP contribution in [0.2, 0.25) is 0 Å². The van der Waals surface area contributed by atoms with Gasteiger partial charge in [-0.25, -0.2) is 0 Å². The van der Waals surface area contributed by atoms with Crippen LogP contribution >= 0.6 is 23.5 Å². The number of benzene rings is 12. The van der Waals surface area contributed by atoms with E-state index in [1.54, 1.807) is 0 Å². The van der Waals surface area contributed by atoms with Crippen LogP contribution in [-0.4, -0.2) is 13.4 Å². The average Bonchev–Trinajstić information content (AvgIpc) is 0.896. The second-order valence-corrected chi connectivity index (χ2v) is 25.7. The van der Waals surface area contributed by atoms with Gasteiger partial charge in [0.1, 0.15) is 0 Å². The number of para-hydroxylation sites is 7. The van der Waals surface area contributed by atoms with Gasteiger partial charge in [-0.05, 0) is 175 Å². The van der Waals surface area contributed by atoms with E-state index < -0.39 is 0 Å². The fourth-order valence-corrected chi connectivity index (χ4v) is 17.0. The van der Waals surface area contributed by atoms with Crippen LogP contribution in [0.5, 0.6) is 0 Å². The van der Waals surface area contributed by atoms with Crippen LogP contribution in [0.3, 0.4) is 0 Å². The van der Waals surface area contributed by atoms with Gasteiger partial charge in [-0.3, -0.25) is 0 Å². The fraction of sp³-hybridized carbons (Fsp3) is 0.0769. The first kappa shape index (κ1) is 52.2. The maximum absolute atomic E-state index is 2.66.